The van der Waals surface area contributed by atoms with Crippen LogP contribution >= 0.6 is 0 Å². The molecule has 1 aromatic heterocycles. The van der Waals surface area contributed by atoms with Gasteiger partial charge in [-0.25, -0.2) is 18.4 Å². The maximum absolute atomic E-state index is 13.6. The standard InChI is InChI=1S/C11H10BFO4.C11H9FO3/c1-2-16-11(14)9-8(13)4-3-7-5-6-12(15)17-10(7)9;1-2-14-11(13)9-8(12)4-3-7-5-6-15-10(7)9/h3-6,15H,2H2,1H3;3-6H,2H2,1H3. The van der Waals surface area contributed by atoms with E-state index in [2.05, 4.69) is 0 Å². The van der Waals surface area contributed by atoms with Gasteiger partial charge >= 0.3 is 19.1 Å². The summed E-state index contributed by atoms with van der Waals surface area (Å²) in [7, 11) is -1.18. The number of hydrogen-bond acceptors (Lipinski definition) is 7. The van der Waals surface area contributed by atoms with Crippen LogP contribution in [-0.4, -0.2) is 37.3 Å². The molecule has 3 aromatic rings. The number of hydrogen-bond donors (Lipinski definition) is 1. The van der Waals surface area contributed by atoms with Crippen molar-refractivity contribution in [2.75, 3.05) is 13.2 Å². The molecule has 166 valence electrons. The first kappa shape index (κ1) is 23.0. The van der Waals surface area contributed by atoms with E-state index in [1.54, 1.807) is 32.1 Å². The number of carbonyl (C=O) groups is 2. The van der Waals surface area contributed by atoms with Crippen molar-refractivity contribution >= 4 is 36.1 Å². The second kappa shape index (κ2) is 10.1. The lowest BCUT2D eigenvalue weighted by Crippen LogP contribution is -2.24. The van der Waals surface area contributed by atoms with Crippen LogP contribution in [0.25, 0.3) is 17.0 Å². The average molecular weight is 444 g/mol. The number of halogens is 2. The van der Waals surface area contributed by atoms with Crippen molar-refractivity contribution in [1.29, 1.82) is 0 Å². The molecule has 2 aromatic carbocycles. The second-order valence-corrected chi connectivity index (χ2v) is 6.41. The maximum Gasteiger partial charge on any atom is 0.552 e. The minimum absolute atomic E-state index is 0.0125. The Kier molecular flexibility index (Phi) is 7.27. The number of carbonyl (C=O) groups excluding carboxylic acids is 2. The topological polar surface area (TPSA) is 95.2 Å². The van der Waals surface area contributed by atoms with Crippen LogP contribution < -0.4 is 4.65 Å². The van der Waals surface area contributed by atoms with Gasteiger partial charge in [-0.05, 0) is 50.2 Å². The van der Waals surface area contributed by atoms with Gasteiger partial charge in [-0.1, -0.05) is 6.08 Å². The van der Waals surface area contributed by atoms with Crippen LogP contribution in [0.5, 0.6) is 5.75 Å². The largest absolute Gasteiger partial charge is 0.552 e. The molecule has 2 heterocycles. The third kappa shape index (κ3) is 4.81. The van der Waals surface area contributed by atoms with Gasteiger partial charge in [-0.15, -0.1) is 0 Å². The summed E-state index contributed by atoms with van der Waals surface area (Å²) in [6.07, 6.45) is 2.97. The Labute approximate surface area is 182 Å². The van der Waals surface area contributed by atoms with Gasteiger partial charge in [-0.3, -0.25) is 0 Å². The number of rotatable bonds is 4. The van der Waals surface area contributed by atoms with E-state index in [0.717, 1.165) is 6.07 Å². The average Bonchev–Trinajstić information content (AvgIpc) is 3.22. The van der Waals surface area contributed by atoms with Crippen LogP contribution in [-0.2, 0) is 9.47 Å². The Hall–Kier alpha value is -3.66. The minimum atomic E-state index is -1.18. The SMILES string of the molecule is CCOC(=O)c1c(F)ccc2c1OB(O)C=C2.CCOC(=O)c1c(F)ccc2ccoc12. The molecular formula is C22H19BF2O7. The summed E-state index contributed by atoms with van der Waals surface area (Å²) in [6, 6.07) is 7.07. The van der Waals surface area contributed by atoms with Crippen LogP contribution in [0.4, 0.5) is 8.78 Å². The summed E-state index contributed by atoms with van der Waals surface area (Å²) in [5.74, 6) is -1.45. The van der Waals surface area contributed by atoms with E-state index < -0.39 is 30.7 Å². The zero-order valence-electron chi connectivity index (χ0n) is 17.3. The number of fused-ring (bicyclic) bond motifs is 2. The van der Waals surface area contributed by atoms with Crippen molar-refractivity contribution < 1.29 is 41.9 Å². The van der Waals surface area contributed by atoms with E-state index in [1.807, 2.05) is 0 Å². The summed E-state index contributed by atoms with van der Waals surface area (Å²) in [6.45, 7) is 3.63. The molecule has 0 saturated heterocycles. The molecule has 1 aliphatic heterocycles. The molecule has 0 fully saturated rings. The van der Waals surface area contributed by atoms with E-state index in [4.69, 9.17) is 18.5 Å². The molecule has 0 saturated carbocycles. The Balaban J connectivity index is 0.000000182. The zero-order valence-corrected chi connectivity index (χ0v) is 17.3. The first-order chi connectivity index (χ1) is 15.4. The van der Waals surface area contributed by atoms with E-state index in [9.17, 15) is 23.4 Å². The van der Waals surface area contributed by atoms with Gasteiger partial charge in [0.05, 0.1) is 19.5 Å². The summed E-state index contributed by atoms with van der Waals surface area (Å²) in [5, 5.41) is 9.98. The molecule has 0 bridgehead atoms. The van der Waals surface area contributed by atoms with Gasteiger partial charge in [0.15, 0.2) is 5.58 Å². The lowest BCUT2D eigenvalue weighted by atomic mass is 9.86. The first-order valence-electron chi connectivity index (χ1n) is 9.72. The molecule has 0 unspecified atom stereocenters. The first-order valence-corrected chi connectivity index (χ1v) is 9.72. The third-order valence-electron chi connectivity index (χ3n) is 4.35. The quantitative estimate of drug-likeness (QED) is 0.477. The van der Waals surface area contributed by atoms with Crippen LogP contribution in [0.15, 0.2) is 47.0 Å². The van der Waals surface area contributed by atoms with E-state index >= 15 is 0 Å². The summed E-state index contributed by atoms with van der Waals surface area (Å²) in [4.78, 5) is 23.1. The highest BCUT2D eigenvalue weighted by atomic mass is 19.1. The molecule has 10 heteroatoms. The summed E-state index contributed by atoms with van der Waals surface area (Å²) in [5.41, 5.74) is 0.334. The van der Waals surface area contributed by atoms with Gasteiger partial charge in [-0.2, -0.15) is 0 Å². The van der Waals surface area contributed by atoms with Gasteiger partial charge in [0.2, 0.25) is 0 Å². The van der Waals surface area contributed by atoms with Crippen LogP contribution in [0.3, 0.4) is 0 Å². The highest BCUT2D eigenvalue weighted by molar-refractivity contribution is 6.51. The summed E-state index contributed by atoms with van der Waals surface area (Å²) < 4.78 is 46.6. The van der Waals surface area contributed by atoms with E-state index in [0.29, 0.717) is 10.9 Å². The maximum atomic E-state index is 13.6. The number of furan rings is 1. The molecule has 7 nitrogen and oxygen atoms in total. The van der Waals surface area contributed by atoms with Gasteiger partial charge < -0.3 is 23.6 Å². The monoisotopic (exact) mass is 444 g/mol. The van der Waals surface area contributed by atoms with Crippen molar-refractivity contribution in [1.82, 2.24) is 0 Å². The van der Waals surface area contributed by atoms with E-state index in [-0.39, 0.29) is 35.7 Å². The van der Waals surface area contributed by atoms with Gasteiger partial charge in [0, 0.05) is 10.9 Å². The fourth-order valence-corrected chi connectivity index (χ4v) is 2.97. The smallest absolute Gasteiger partial charge is 0.532 e. The predicted molar refractivity (Wildman–Crippen MR) is 112 cm³/mol. The van der Waals surface area contributed by atoms with Gasteiger partial charge in [0.25, 0.3) is 0 Å². The zero-order chi connectivity index (χ0) is 23.3. The van der Waals surface area contributed by atoms with Crippen LogP contribution in [0, 0.1) is 11.6 Å². The second-order valence-electron chi connectivity index (χ2n) is 6.41. The highest BCUT2D eigenvalue weighted by Crippen LogP contribution is 2.31. The van der Waals surface area contributed by atoms with Crippen LogP contribution in [0.1, 0.15) is 40.1 Å². The highest BCUT2D eigenvalue weighted by Gasteiger charge is 2.27. The van der Waals surface area contributed by atoms with Crippen molar-refractivity contribution in [2.45, 2.75) is 13.8 Å². The molecule has 4 rings (SSSR count). The fraction of sp³-hybridized carbons (Fsp3) is 0.182. The molecular weight excluding hydrogens is 425 g/mol. The molecule has 0 aliphatic carbocycles. The van der Waals surface area contributed by atoms with Crippen LogP contribution in [0.2, 0.25) is 0 Å². The number of benzene rings is 2. The molecule has 0 spiro atoms. The molecule has 1 aliphatic rings. The van der Waals surface area contributed by atoms with Crippen molar-refractivity contribution in [3.05, 3.63) is 70.9 Å². The Morgan fingerprint density at radius 1 is 0.969 bits per heavy atom. The number of ether oxygens (including phenoxy) is 2. The van der Waals surface area contributed by atoms with Crippen molar-refractivity contribution in [2.24, 2.45) is 0 Å². The Morgan fingerprint density at radius 2 is 1.59 bits per heavy atom. The Bertz CT molecular complexity index is 1170. The lowest BCUT2D eigenvalue weighted by molar-refractivity contribution is 0.0510. The Morgan fingerprint density at radius 3 is 2.28 bits per heavy atom. The number of esters is 2. The minimum Gasteiger partial charge on any atom is -0.532 e. The molecule has 0 radical (unpaired) electrons. The molecule has 32 heavy (non-hydrogen) atoms. The van der Waals surface area contributed by atoms with E-state index in [1.165, 1.54) is 24.4 Å². The molecule has 0 amide bonds. The third-order valence-corrected chi connectivity index (χ3v) is 4.35. The van der Waals surface area contributed by atoms with Crippen molar-refractivity contribution in [3.63, 3.8) is 0 Å². The van der Waals surface area contributed by atoms with Gasteiger partial charge in [0.1, 0.15) is 28.5 Å². The van der Waals surface area contributed by atoms with Crippen molar-refractivity contribution in [3.8, 4) is 5.75 Å². The molecule has 1 N–H and O–H groups in total. The summed E-state index contributed by atoms with van der Waals surface area (Å²) >= 11 is 0. The lowest BCUT2D eigenvalue weighted by Gasteiger charge is -2.18. The molecule has 0 atom stereocenters. The predicted octanol–water partition coefficient (Wildman–Crippen LogP) is 4.18. The normalized spacial score (nSPS) is 11.8. The fourth-order valence-electron chi connectivity index (χ4n) is 2.97.